The Morgan fingerprint density at radius 1 is 0.947 bits per heavy atom. The van der Waals surface area contributed by atoms with Crippen LogP contribution in [0, 0.1) is 0 Å². The van der Waals surface area contributed by atoms with Crippen molar-refractivity contribution in [3.63, 3.8) is 0 Å². The summed E-state index contributed by atoms with van der Waals surface area (Å²) in [6, 6.07) is 17.7. The Balaban J connectivity index is 1.85. The van der Waals surface area contributed by atoms with Crippen molar-refractivity contribution in [2.24, 2.45) is 0 Å². The van der Waals surface area contributed by atoms with Crippen LogP contribution in [0.25, 0.3) is 11.4 Å². The lowest BCUT2D eigenvalue weighted by Crippen LogP contribution is -1.96. The van der Waals surface area contributed by atoms with Crippen LogP contribution in [0.4, 0.5) is 5.69 Å². The molecular weight excluding hydrogens is 236 g/mol. The molecule has 0 fully saturated rings. The van der Waals surface area contributed by atoms with Crippen molar-refractivity contribution in [1.82, 2.24) is 15.2 Å². The fraction of sp³-hybridized carbons (Fsp3) is 0.0667. The van der Waals surface area contributed by atoms with Gasteiger partial charge in [-0.15, -0.1) is 0 Å². The molecule has 0 unspecified atom stereocenters. The zero-order chi connectivity index (χ0) is 13.1. The molecule has 0 aliphatic carbocycles. The number of para-hydroxylation sites is 1. The van der Waals surface area contributed by atoms with Crippen LogP contribution in [0.15, 0.2) is 54.6 Å². The Morgan fingerprint density at radius 2 is 1.68 bits per heavy atom. The van der Waals surface area contributed by atoms with Crippen LogP contribution in [0.5, 0.6) is 0 Å². The third kappa shape index (κ3) is 2.47. The number of hydrogen-bond donors (Lipinski definition) is 2. The molecule has 0 bridgehead atoms. The zero-order valence-electron chi connectivity index (χ0n) is 10.4. The average Bonchev–Trinajstić information content (AvgIpc) is 2.91. The number of H-pyrrole nitrogens is 1. The summed E-state index contributed by atoms with van der Waals surface area (Å²) in [7, 11) is 0. The van der Waals surface area contributed by atoms with Crippen molar-refractivity contribution >= 4 is 5.69 Å². The first-order chi connectivity index (χ1) is 9.33. The molecule has 19 heavy (non-hydrogen) atoms. The SMILES string of the molecule is Nc1ccccc1Cc1nc(-c2ccccc2)n[nH]1. The van der Waals surface area contributed by atoms with Gasteiger partial charge < -0.3 is 5.73 Å². The number of nitrogen functional groups attached to an aromatic ring is 1. The van der Waals surface area contributed by atoms with E-state index in [4.69, 9.17) is 5.73 Å². The van der Waals surface area contributed by atoms with E-state index in [0.717, 1.165) is 22.6 Å². The van der Waals surface area contributed by atoms with Crippen LogP contribution in [0.3, 0.4) is 0 Å². The Hall–Kier alpha value is -2.62. The Bertz CT molecular complexity index is 673. The summed E-state index contributed by atoms with van der Waals surface area (Å²) in [4.78, 5) is 4.49. The van der Waals surface area contributed by atoms with Gasteiger partial charge in [-0.2, -0.15) is 5.10 Å². The van der Waals surface area contributed by atoms with Crippen LogP contribution in [0.2, 0.25) is 0 Å². The molecule has 0 saturated carbocycles. The highest BCUT2D eigenvalue weighted by molar-refractivity contribution is 5.54. The summed E-state index contributed by atoms with van der Waals surface area (Å²) in [5.74, 6) is 1.53. The van der Waals surface area contributed by atoms with Gasteiger partial charge in [-0.3, -0.25) is 5.10 Å². The van der Waals surface area contributed by atoms with Crippen molar-refractivity contribution < 1.29 is 0 Å². The number of nitrogens with two attached hydrogens (primary N) is 1. The quantitative estimate of drug-likeness (QED) is 0.702. The monoisotopic (exact) mass is 250 g/mol. The summed E-state index contributed by atoms with van der Waals surface area (Å²) in [5.41, 5.74) is 8.76. The lowest BCUT2D eigenvalue weighted by molar-refractivity contribution is 0.974. The molecule has 0 amide bonds. The molecule has 0 radical (unpaired) electrons. The number of nitrogens with one attached hydrogen (secondary N) is 1. The first-order valence-electron chi connectivity index (χ1n) is 6.13. The van der Waals surface area contributed by atoms with Gasteiger partial charge in [0.05, 0.1) is 0 Å². The molecule has 0 saturated heterocycles. The highest BCUT2D eigenvalue weighted by atomic mass is 15.2. The van der Waals surface area contributed by atoms with Crippen molar-refractivity contribution in [2.45, 2.75) is 6.42 Å². The van der Waals surface area contributed by atoms with Crippen molar-refractivity contribution in [3.8, 4) is 11.4 Å². The third-order valence-electron chi connectivity index (χ3n) is 2.98. The topological polar surface area (TPSA) is 67.6 Å². The maximum Gasteiger partial charge on any atom is 0.181 e. The molecular formula is C15H14N4. The lowest BCUT2D eigenvalue weighted by atomic mass is 10.1. The van der Waals surface area contributed by atoms with Gasteiger partial charge in [0.25, 0.3) is 0 Å². The van der Waals surface area contributed by atoms with Gasteiger partial charge in [0, 0.05) is 17.7 Å². The molecule has 3 aromatic rings. The van der Waals surface area contributed by atoms with Gasteiger partial charge in [-0.25, -0.2) is 4.98 Å². The van der Waals surface area contributed by atoms with E-state index in [1.165, 1.54) is 0 Å². The summed E-state index contributed by atoms with van der Waals surface area (Å²) >= 11 is 0. The molecule has 4 heteroatoms. The molecule has 1 aromatic heterocycles. The Labute approximate surface area is 111 Å². The number of anilines is 1. The number of aromatic amines is 1. The zero-order valence-corrected chi connectivity index (χ0v) is 10.4. The molecule has 0 spiro atoms. The first-order valence-corrected chi connectivity index (χ1v) is 6.13. The van der Waals surface area contributed by atoms with Crippen molar-refractivity contribution in [1.29, 1.82) is 0 Å². The molecule has 3 N–H and O–H groups in total. The van der Waals surface area contributed by atoms with E-state index in [1.807, 2.05) is 54.6 Å². The predicted molar refractivity (Wildman–Crippen MR) is 75.5 cm³/mol. The predicted octanol–water partition coefficient (Wildman–Crippen LogP) is 2.64. The smallest absolute Gasteiger partial charge is 0.181 e. The van der Waals surface area contributed by atoms with Gasteiger partial charge in [-0.05, 0) is 11.6 Å². The molecule has 1 heterocycles. The second-order valence-electron chi connectivity index (χ2n) is 4.35. The van der Waals surface area contributed by atoms with Gasteiger partial charge in [0.15, 0.2) is 5.82 Å². The van der Waals surface area contributed by atoms with Crippen LogP contribution in [-0.4, -0.2) is 15.2 Å². The minimum absolute atomic E-state index is 0.659. The van der Waals surface area contributed by atoms with E-state index in [1.54, 1.807) is 0 Å². The maximum atomic E-state index is 5.92. The van der Waals surface area contributed by atoms with E-state index < -0.39 is 0 Å². The van der Waals surface area contributed by atoms with Gasteiger partial charge in [0.2, 0.25) is 0 Å². The molecule has 94 valence electrons. The van der Waals surface area contributed by atoms with Crippen molar-refractivity contribution in [2.75, 3.05) is 5.73 Å². The summed E-state index contributed by atoms with van der Waals surface area (Å²) in [5, 5.41) is 7.20. The highest BCUT2D eigenvalue weighted by Crippen LogP contribution is 2.17. The van der Waals surface area contributed by atoms with E-state index in [9.17, 15) is 0 Å². The molecule has 0 atom stereocenters. The second kappa shape index (κ2) is 4.94. The summed E-state index contributed by atoms with van der Waals surface area (Å²) in [6.45, 7) is 0. The minimum atomic E-state index is 0.659. The number of hydrogen-bond acceptors (Lipinski definition) is 3. The lowest BCUT2D eigenvalue weighted by Gasteiger charge is -2.01. The standard InChI is InChI=1S/C15H14N4/c16-13-9-5-4-8-12(13)10-14-17-15(19-18-14)11-6-2-1-3-7-11/h1-9H,10,16H2,(H,17,18,19). The minimum Gasteiger partial charge on any atom is -0.398 e. The van der Waals surface area contributed by atoms with Crippen LogP contribution in [-0.2, 0) is 6.42 Å². The Morgan fingerprint density at radius 3 is 2.47 bits per heavy atom. The highest BCUT2D eigenvalue weighted by Gasteiger charge is 2.07. The van der Waals surface area contributed by atoms with E-state index >= 15 is 0 Å². The van der Waals surface area contributed by atoms with E-state index in [0.29, 0.717) is 12.2 Å². The molecule has 3 rings (SSSR count). The Kier molecular flexibility index (Phi) is 2.98. The van der Waals surface area contributed by atoms with Gasteiger partial charge in [-0.1, -0.05) is 48.5 Å². The fourth-order valence-electron chi connectivity index (χ4n) is 1.97. The number of aromatic nitrogens is 3. The van der Waals surface area contributed by atoms with Crippen LogP contribution >= 0.6 is 0 Å². The summed E-state index contributed by atoms with van der Waals surface area (Å²) < 4.78 is 0. The van der Waals surface area contributed by atoms with Crippen molar-refractivity contribution in [3.05, 3.63) is 66.0 Å². The first kappa shape index (κ1) is 11.5. The molecule has 0 aliphatic heterocycles. The normalized spacial score (nSPS) is 10.5. The number of benzene rings is 2. The average molecular weight is 250 g/mol. The van der Waals surface area contributed by atoms with Gasteiger partial charge >= 0.3 is 0 Å². The second-order valence-corrected chi connectivity index (χ2v) is 4.35. The molecule has 4 nitrogen and oxygen atoms in total. The number of nitrogens with zero attached hydrogens (tertiary/aromatic N) is 2. The third-order valence-corrected chi connectivity index (χ3v) is 2.98. The van der Waals surface area contributed by atoms with E-state index in [2.05, 4.69) is 15.2 Å². The molecule has 2 aromatic carbocycles. The van der Waals surface area contributed by atoms with Crippen LogP contribution in [0.1, 0.15) is 11.4 Å². The van der Waals surface area contributed by atoms with Gasteiger partial charge in [0.1, 0.15) is 5.82 Å². The fourth-order valence-corrected chi connectivity index (χ4v) is 1.97. The van der Waals surface area contributed by atoms with E-state index in [-0.39, 0.29) is 0 Å². The maximum absolute atomic E-state index is 5.92. The van der Waals surface area contributed by atoms with Crippen LogP contribution < -0.4 is 5.73 Å². The number of rotatable bonds is 3. The molecule has 0 aliphatic rings. The summed E-state index contributed by atoms with van der Waals surface area (Å²) in [6.07, 6.45) is 0.659. The largest absolute Gasteiger partial charge is 0.398 e.